The van der Waals surface area contributed by atoms with Crippen LogP contribution in [0.2, 0.25) is 0 Å². The summed E-state index contributed by atoms with van der Waals surface area (Å²) in [6.45, 7) is 8.77. The lowest BCUT2D eigenvalue weighted by molar-refractivity contribution is 0.0636. The monoisotopic (exact) mass is 262 g/mol. The van der Waals surface area contributed by atoms with E-state index in [0.29, 0.717) is 11.3 Å². The molecule has 5 nitrogen and oxygen atoms in total. The van der Waals surface area contributed by atoms with Gasteiger partial charge in [-0.25, -0.2) is 4.79 Å². The molecule has 2 N–H and O–H groups in total. The molecule has 1 rings (SSSR count). The van der Waals surface area contributed by atoms with Crippen LogP contribution in [0.15, 0.2) is 37.0 Å². The van der Waals surface area contributed by atoms with E-state index in [1.165, 1.54) is 6.20 Å². The highest BCUT2D eigenvalue weighted by Crippen LogP contribution is 2.12. The molecule has 0 aliphatic carbocycles. The molecular formula is C14H18N2O3. The number of hydrogen-bond donors (Lipinski definition) is 2. The number of carbonyl (C=O) groups is 2. The number of anilines is 1. The Bertz CT molecular complexity index is 472. The van der Waals surface area contributed by atoms with E-state index >= 15 is 0 Å². The summed E-state index contributed by atoms with van der Waals surface area (Å²) in [5.74, 6) is -0.251. The second-order valence-corrected chi connectivity index (χ2v) is 4.88. The Balaban J connectivity index is 2.64. The van der Waals surface area contributed by atoms with Crippen LogP contribution in [0.1, 0.15) is 31.1 Å². The van der Waals surface area contributed by atoms with Gasteiger partial charge >= 0.3 is 6.09 Å². The first kappa shape index (κ1) is 14.8. The van der Waals surface area contributed by atoms with Gasteiger partial charge < -0.3 is 10.1 Å². The first-order valence-corrected chi connectivity index (χ1v) is 5.83. The molecule has 102 valence electrons. The van der Waals surface area contributed by atoms with E-state index in [9.17, 15) is 9.59 Å². The molecule has 1 aromatic carbocycles. The molecule has 1 aromatic rings. The second kappa shape index (κ2) is 6.04. The smallest absolute Gasteiger partial charge is 0.412 e. The van der Waals surface area contributed by atoms with Gasteiger partial charge in [-0.05, 0) is 51.2 Å². The lowest BCUT2D eigenvalue weighted by atomic mass is 10.2. The highest BCUT2D eigenvalue weighted by molar-refractivity contribution is 5.95. The summed E-state index contributed by atoms with van der Waals surface area (Å²) >= 11 is 0. The summed E-state index contributed by atoms with van der Waals surface area (Å²) in [6, 6.07) is 6.46. The molecule has 0 atom stereocenters. The largest absolute Gasteiger partial charge is 0.444 e. The fraction of sp³-hybridized carbons (Fsp3) is 0.286. The zero-order valence-corrected chi connectivity index (χ0v) is 11.3. The van der Waals surface area contributed by atoms with Crippen LogP contribution >= 0.6 is 0 Å². The average Bonchev–Trinajstić information content (AvgIpc) is 2.27. The number of ether oxygens (including phenoxy) is 1. The maximum atomic E-state index is 11.5. The molecule has 0 fully saturated rings. The Hall–Kier alpha value is -2.30. The molecule has 2 amide bonds. The molecule has 0 spiro atoms. The molecule has 0 unspecified atom stereocenters. The third kappa shape index (κ3) is 5.25. The summed E-state index contributed by atoms with van der Waals surface area (Å²) in [6.07, 6.45) is 0.783. The molecule has 0 saturated carbocycles. The summed E-state index contributed by atoms with van der Waals surface area (Å²) < 4.78 is 5.12. The van der Waals surface area contributed by atoms with Crippen molar-refractivity contribution in [2.24, 2.45) is 0 Å². The number of amides is 2. The van der Waals surface area contributed by atoms with Crippen LogP contribution < -0.4 is 10.6 Å². The van der Waals surface area contributed by atoms with Crippen molar-refractivity contribution in [2.45, 2.75) is 26.4 Å². The molecule has 0 aliphatic rings. The van der Waals surface area contributed by atoms with E-state index in [2.05, 4.69) is 17.2 Å². The van der Waals surface area contributed by atoms with E-state index in [1.54, 1.807) is 45.0 Å². The Kier molecular flexibility index (Phi) is 4.69. The average molecular weight is 262 g/mol. The van der Waals surface area contributed by atoms with Crippen molar-refractivity contribution in [1.82, 2.24) is 5.32 Å². The molecule has 0 radical (unpaired) electrons. The molecule has 5 heteroatoms. The highest BCUT2D eigenvalue weighted by Gasteiger charge is 2.16. The van der Waals surface area contributed by atoms with Gasteiger partial charge in [0.2, 0.25) is 0 Å². The van der Waals surface area contributed by atoms with Crippen molar-refractivity contribution in [3.05, 3.63) is 42.6 Å². The van der Waals surface area contributed by atoms with Gasteiger partial charge in [-0.3, -0.25) is 10.1 Å². The van der Waals surface area contributed by atoms with Crippen LogP contribution in [-0.4, -0.2) is 17.6 Å². The Morgan fingerprint density at radius 2 is 1.79 bits per heavy atom. The normalized spacial score (nSPS) is 10.5. The second-order valence-electron chi connectivity index (χ2n) is 4.88. The van der Waals surface area contributed by atoms with E-state index in [-0.39, 0.29) is 5.91 Å². The predicted octanol–water partition coefficient (Wildman–Crippen LogP) is 2.91. The molecular weight excluding hydrogens is 244 g/mol. The highest BCUT2D eigenvalue weighted by atomic mass is 16.6. The van der Waals surface area contributed by atoms with Crippen LogP contribution in [0, 0.1) is 0 Å². The van der Waals surface area contributed by atoms with Gasteiger partial charge in [0, 0.05) is 11.3 Å². The lowest BCUT2D eigenvalue weighted by Crippen LogP contribution is -2.27. The van der Waals surface area contributed by atoms with E-state index < -0.39 is 11.7 Å². The van der Waals surface area contributed by atoms with Crippen molar-refractivity contribution in [2.75, 3.05) is 5.32 Å². The van der Waals surface area contributed by atoms with Gasteiger partial charge in [0.15, 0.2) is 0 Å². The van der Waals surface area contributed by atoms with Gasteiger partial charge in [0.1, 0.15) is 5.60 Å². The molecule has 0 saturated heterocycles. The number of nitrogens with one attached hydrogen (secondary N) is 2. The quantitative estimate of drug-likeness (QED) is 0.880. The van der Waals surface area contributed by atoms with Gasteiger partial charge in [-0.15, -0.1) is 0 Å². The minimum atomic E-state index is -0.548. The van der Waals surface area contributed by atoms with Crippen LogP contribution in [-0.2, 0) is 4.74 Å². The summed E-state index contributed by atoms with van der Waals surface area (Å²) in [5, 5.41) is 5.05. The zero-order valence-electron chi connectivity index (χ0n) is 11.3. The van der Waals surface area contributed by atoms with Gasteiger partial charge in [0.05, 0.1) is 0 Å². The third-order valence-electron chi connectivity index (χ3n) is 2.03. The Morgan fingerprint density at radius 1 is 1.21 bits per heavy atom. The van der Waals surface area contributed by atoms with Gasteiger partial charge in [0.25, 0.3) is 5.91 Å². The van der Waals surface area contributed by atoms with E-state index in [4.69, 9.17) is 4.74 Å². The standard InChI is InChI=1S/C14H18N2O3/c1-5-15-12(17)10-6-8-11(9-7-10)16-13(18)19-14(2,3)4/h5-9H,1H2,2-4H3,(H,15,17)(H,16,18). The molecule has 0 aliphatic heterocycles. The van der Waals surface area contributed by atoms with Crippen LogP contribution in [0.25, 0.3) is 0 Å². The number of carbonyl (C=O) groups excluding carboxylic acids is 2. The SMILES string of the molecule is C=CNC(=O)c1ccc(NC(=O)OC(C)(C)C)cc1. The third-order valence-corrected chi connectivity index (χ3v) is 2.03. The van der Waals surface area contributed by atoms with Crippen LogP contribution in [0.3, 0.4) is 0 Å². The van der Waals surface area contributed by atoms with Gasteiger partial charge in [-0.1, -0.05) is 6.58 Å². The minimum absolute atomic E-state index is 0.251. The van der Waals surface area contributed by atoms with Crippen molar-refractivity contribution >= 4 is 17.7 Å². The summed E-state index contributed by atoms with van der Waals surface area (Å²) in [4.78, 5) is 23.0. The molecule has 19 heavy (non-hydrogen) atoms. The number of rotatable bonds is 3. The van der Waals surface area contributed by atoms with E-state index in [1.807, 2.05) is 0 Å². The van der Waals surface area contributed by atoms with Crippen molar-refractivity contribution in [3.63, 3.8) is 0 Å². The van der Waals surface area contributed by atoms with Crippen LogP contribution in [0.4, 0.5) is 10.5 Å². The first-order chi connectivity index (χ1) is 8.81. The van der Waals surface area contributed by atoms with Crippen molar-refractivity contribution < 1.29 is 14.3 Å². The van der Waals surface area contributed by atoms with Crippen molar-refractivity contribution in [1.29, 1.82) is 0 Å². The number of benzene rings is 1. The summed E-state index contributed by atoms with van der Waals surface area (Å²) in [5.41, 5.74) is 0.493. The van der Waals surface area contributed by atoms with Crippen LogP contribution in [0.5, 0.6) is 0 Å². The van der Waals surface area contributed by atoms with Gasteiger partial charge in [-0.2, -0.15) is 0 Å². The van der Waals surface area contributed by atoms with E-state index in [0.717, 1.165) is 0 Å². The first-order valence-electron chi connectivity index (χ1n) is 5.83. The lowest BCUT2D eigenvalue weighted by Gasteiger charge is -2.19. The maximum absolute atomic E-state index is 11.5. The number of hydrogen-bond acceptors (Lipinski definition) is 3. The minimum Gasteiger partial charge on any atom is -0.444 e. The predicted molar refractivity (Wildman–Crippen MR) is 74.0 cm³/mol. The maximum Gasteiger partial charge on any atom is 0.412 e. The Labute approximate surface area is 112 Å². The molecule has 0 bridgehead atoms. The molecule has 0 aromatic heterocycles. The fourth-order valence-electron chi connectivity index (χ4n) is 1.30. The topological polar surface area (TPSA) is 67.4 Å². The fourth-order valence-corrected chi connectivity index (χ4v) is 1.30. The van der Waals surface area contributed by atoms with Crippen molar-refractivity contribution in [3.8, 4) is 0 Å². The Morgan fingerprint density at radius 3 is 2.26 bits per heavy atom. The summed E-state index contributed by atoms with van der Waals surface area (Å²) in [7, 11) is 0. The molecule has 0 heterocycles. The zero-order chi connectivity index (χ0) is 14.5.